The number of hydrogen-bond donors (Lipinski definition) is 3. The van der Waals surface area contributed by atoms with Crippen molar-refractivity contribution in [1.82, 2.24) is 10.6 Å². The Labute approximate surface area is 205 Å². The number of carbonyl (C=O) groups is 3. The number of benzene rings is 2. The van der Waals surface area contributed by atoms with Gasteiger partial charge >= 0.3 is 12.1 Å². The summed E-state index contributed by atoms with van der Waals surface area (Å²) in [6.45, 7) is 6.00. The summed E-state index contributed by atoms with van der Waals surface area (Å²) in [5, 5.41) is 14.9. The number of ether oxygens (including phenoxy) is 2. The van der Waals surface area contributed by atoms with Crippen LogP contribution >= 0.6 is 0 Å². The molecule has 186 valence electrons. The average Bonchev–Trinajstić information content (AvgIpc) is 3.40. The fourth-order valence-electron chi connectivity index (χ4n) is 5.28. The number of carboxylic acid groups (broad SMARTS) is 1. The number of carbonyl (C=O) groups excluding carboxylic acids is 2. The van der Waals surface area contributed by atoms with Crippen molar-refractivity contribution < 1.29 is 29.0 Å². The molecule has 8 heteroatoms. The van der Waals surface area contributed by atoms with E-state index in [0.29, 0.717) is 6.42 Å². The Morgan fingerprint density at radius 3 is 2.20 bits per heavy atom. The Hall–Kier alpha value is -3.39. The fraction of sp³-hybridized carbons (Fsp3) is 0.444. The zero-order chi connectivity index (χ0) is 25.1. The average molecular weight is 481 g/mol. The minimum Gasteiger partial charge on any atom is -0.479 e. The molecule has 2 amide bonds. The topological polar surface area (TPSA) is 114 Å². The fourth-order valence-corrected chi connectivity index (χ4v) is 5.28. The van der Waals surface area contributed by atoms with E-state index in [0.717, 1.165) is 22.3 Å². The first-order valence-electron chi connectivity index (χ1n) is 12.0. The zero-order valence-electron chi connectivity index (χ0n) is 20.2. The molecule has 4 rings (SSSR count). The lowest BCUT2D eigenvalue weighted by Gasteiger charge is -2.29. The molecule has 35 heavy (non-hydrogen) atoms. The Morgan fingerprint density at radius 2 is 1.63 bits per heavy atom. The summed E-state index contributed by atoms with van der Waals surface area (Å²) in [5.74, 6) is -2.12. The minimum atomic E-state index is -1.10. The summed E-state index contributed by atoms with van der Waals surface area (Å²) in [6, 6.07) is 15.1. The molecule has 4 atom stereocenters. The van der Waals surface area contributed by atoms with Gasteiger partial charge in [0.1, 0.15) is 6.61 Å². The molecule has 0 bridgehead atoms. The number of aliphatic carboxylic acids is 1. The molecule has 1 fully saturated rings. The lowest BCUT2D eigenvalue weighted by molar-refractivity contribution is -0.148. The number of rotatable bonds is 8. The molecule has 1 aliphatic carbocycles. The number of alkyl carbamates (subject to hydrolysis) is 1. The van der Waals surface area contributed by atoms with Crippen molar-refractivity contribution in [1.29, 1.82) is 0 Å². The highest BCUT2D eigenvalue weighted by atomic mass is 16.5. The Kier molecular flexibility index (Phi) is 7.40. The van der Waals surface area contributed by atoms with Gasteiger partial charge in [-0.1, -0.05) is 62.4 Å². The van der Waals surface area contributed by atoms with Crippen LogP contribution in [0.5, 0.6) is 0 Å². The number of fused-ring (bicyclic) bond motifs is 3. The highest BCUT2D eigenvalue weighted by Crippen LogP contribution is 2.44. The molecule has 1 aliphatic heterocycles. The molecular formula is C27H32N2O6. The molecular weight excluding hydrogens is 448 g/mol. The molecule has 0 spiro atoms. The highest BCUT2D eigenvalue weighted by molar-refractivity contribution is 5.83. The maximum atomic E-state index is 13.0. The Bertz CT molecular complexity index is 1060. The molecule has 1 saturated heterocycles. The quantitative estimate of drug-likeness (QED) is 0.533. The van der Waals surface area contributed by atoms with Crippen LogP contribution < -0.4 is 10.6 Å². The summed E-state index contributed by atoms with van der Waals surface area (Å²) in [7, 11) is 0. The number of nitrogens with one attached hydrogen (secondary N) is 2. The first-order chi connectivity index (χ1) is 16.8. The van der Waals surface area contributed by atoms with Gasteiger partial charge < -0.3 is 25.2 Å². The van der Waals surface area contributed by atoms with Gasteiger partial charge in [-0.05, 0) is 41.5 Å². The highest BCUT2D eigenvalue weighted by Gasteiger charge is 2.38. The van der Waals surface area contributed by atoms with E-state index in [4.69, 9.17) is 9.47 Å². The maximum Gasteiger partial charge on any atom is 0.407 e. The van der Waals surface area contributed by atoms with Gasteiger partial charge in [-0.25, -0.2) is 9.59 Å². The number of carboxylic acids is 1. The molecule has 2 aromatic rings. The molecule has 0 aromatic heterocycles. The van der Waals surface area contributed by atoms with Gasteiger partial charge in [-0.3, -0.25) is 4.79 Å². The molecule has 2 aromatic carbocycles. The van der Waals surface area contributed by atoms with E-state index in [-0.39, 0.29) is 31.0 Å². The van der Waals surface area contributed by atoms with Gasteiger partial charge in [-0.15, -0.1) is 0 Å². The van der Waals surface area contributed by atoms with E-state index in [9.17, 15) is 19.5 Å². The van der Waals surface area contributed by atoms with Crippen molar-refractivity contribution in [3.8, 4) is 11.1 Å². The lowest BCUT2D eigenvalue weighted by atomic mass is 9.88. The second-order valence-corrected chi connectivity index (χ2v) is 9.56. The SMILES string of the molecule is CC(C)C(C(=O)N[C@@H]1CCO[C@@H]1C(=O)O)C(C)NC(=O)OCC1c2ccccc2-c2ccccc21. The smallest absolute Gasteiger partial charge is 0.407 e. The van der Waals surface area contributed by atoms with Crippen LogP contribution in [0.25, 0.3) is 11.1 Å². The van der Waals surface area contributed by atoms with Crippen LogP contribution in [0.1, 0.15) is 44.2 Å². The largest absolute Gasteiger partial charge is 0.479 e. The van der Waals surface area contributed by atoms with Gasteiger partial charge in [-0.2, -0.15) is 0 Å². The van der Waals surface area contributed by atoms with Crippen LogP contribution in [0.15, 0.2) is 48.5 Å². The van der Waals surface area contributed by atoms with Crippen LogP contribution in [0.4, 0.5) is 4.79 Å². The lowest BCUT2D eigenvalue weighted by Crippen LogP contribution is -2.52. The van der Waals surface area contributed by atoms with Crippen molar-refractivity contribution in [2.45, 2.75) is 51.3 Å². The summed E-state index contributed by atoms with van der Waals surface area (Å²) in [6.07, 6.45) is -1.22. The van der Waals surface area contributed by atoms with Crippen molar-refractivity contribution in [2.75, 3.05) is 13.2 Å². The third kappa shape index (κ3) is 5.17. The van der Waals surface area contributed by atoms with Crippen molar-refractivity contribution >= 4 is 18.0 Å². The van der Waals surface area contributed by atoms with Gasteiger partial charge in [0, 0.05) is 18.6 Å². The first kappa shape index (κ1) is 24.7. The molecule has 3 N–H and O–H groups in total. The predicted octanol–water partition coefficient (Wildman–Crippen LogP) is 3.54. The van der Waals surface area contributed by atoms with E-state index in [1.165, 1.54) is 0 Å². The molecule has 0 saturated carbocycles. The van der Waals surface area contributed by atoms with Crippen molar-refractivity contribution in [2.24, 2.45) is 11.8 Å². The van der Waals surface area contributed by atoms with Crippen molar-refractivity contribution in [3.63, 3.8) is 0 Å². The second kappa shape index (κ2) is 10.5. The zero-order valence-corrected chi connectivity index (χ0v) is 20.2. The molecule has 0 radical (unpaired) electrons. The monoisotopic (exact) mass is 480 g/mol. The van der Waals surface area contributed by atoms with E-state index in [2.05, 4.69) is 34.9 Å². The van der Waals surface area contributed by atoms with Crippen molar-refractivity contribution in [3.05, 3.63) is 59.7 Å². The molecule has 1 heterocycles. The third-order valence-electron chi connectivity index (χ3n) is 6.91. The van der Waals surface area contributed by atoms with E-state index < -0.39 is 36.2 Å². The second-order valence-electron chi connectivity index (χ2n) is 9.56. The maximum absolute atomic E-state index is 13.0. The van der Waals surface area contributed by atoms with Gasteiger partial charge in [0.15, 0.2) is 6.10 Å². The summed E-state index contributed by atoms with van der Waals surface area (Å²) in [4.78, 5) is 37.1. The summed E-state index contributed by atoms with van der Waals surface area (Å²) >= 11 is 0. The van der Waals surface area contributed by atoms with E-state index in [1.807, 2.05) is 38.1 Å². The third-order valence-corrected chi connectivity index (χ3v) is 6.91. The van der Waals surface area contributed by atoms with Crippen LogP contribution in [-0.4, -0.2) is 54.5 Å². The van der Waals surface area contributed by atoms with Crippen LogP contribution in [0.2, 0.25) is 0 Å². The van der Waals surface area contributed by atoms with Gasteiger partial charge in [0.25, 0.3) is 0 Å². The predicted molar refractivity (Wildman–Crippen MR) is 130 cm³/mol. The number of hydrogen-bond acceptors (Lipinski definition) is 5. The Morgan fingerprint density at radius 1 is 1.03 bits per heavy atom. The van der Waals surface area contributed by atoms with Crippen LogP contribution in [0, 0.1) is 11.8 Å². The molecule has 2 unspecified atom stereocenters. The minimum absolute atomic E-state index is 0.0528. The Balaban J connectivity index is 1.37. The van der Waals surface area contributed by atoms with Crippen LogP contribution in [-0.2, 0) is 19.1 Å². The number of amides is 2. The van der Waals surface area contributed by atoms with E-state index >= 15 is 0 Å². The molecule has 8 nitrogen and oxygen atoms in total. The molecule has 2 aliphatic rings. The first-order valence-corrected chi connectivity index (χ1v) is 12.0. The standard InChI is InChI=1S/C27H32N2O6/c1-15(2)23(25(30)29-22-12-13-34-24(22)26(31)32)16(3)28-27(33)35-14-21-19-10-6-4-8-17(19)18-9-5-7-11-20(18)21/h4-11,15-16,21-24H,12-14H2,1-3H3,(H,28,33)(H,29,30)(H,31,32)/t16?,22-,23?,24+/m1/s1. The van der Waals surface area contributed by atoms with E-state index in [1.54, 1.807) is 6.92 Å². The van der Waals surface area contributed by atoms with Gasteiger partial charge in [0.05, 0.1) is 12.0 Å². The summed E-state index contributed by atoms with van der Waals surface area (Å²) < 4.78 is 10.8. The normalized spacial score (nSPS) is 20.6. The summed E-state index contributed by atoms with van der Waals surface area (Å²) in [5.41, 5.74) is 4.55. The van der Waals surface area contributed by atoms with Crippen LogP contribution in [0.3, 0.4) is 0 Å². The van der Waals surface area contributed by atoms with Gasteiger partial charge in [0.2, 0.25) is 5.91 Å².